The highest BCUT2D eigenvalue weighted by molar-refractivity contribution is 6.37. The number of halogens is 6. The van der Waals surface area contributed by atoms with Gasteiger partial charge in [-0.2, -0.15) is 0 Å². The number of hydrogen-bond donors (Lipinski definition) is 1. The van der Waals surface area contributed by atoms with Crippen LogP contribution in [0.5, 0.6) is 0 Å². The third kappa shape index (κ3) is 3.51. The number of alkyl halides is 1. The van der Waals surface area contributed by atoms with Gasteiger partial charge in [-0.15, -0.1) is 0 Å². The molecule has 0 spiro atoms. The first kappa shape index (κ1) is 18.9. The van der Waals surface area contributed by atoms with Crippen molar-refractivity contribution in [2.24, 2.45) is 0 Å². The van der Waals surface area contributed by atoms with Gasteiger partial charge in [0.05, 0.1) is 16.8 Å². The van der Waals surface area contributed by atoms with Gasteiger partial charge in [0, 0.05) is 35.9 Å². The summed E-state index contributed by atoms with van der Waals surface area (Å²) in [5.41, 5.74) is -0.558. The van der Waals surface area contributed by atoms with E-state index in [-0.39, 0.29) is 34.8 Å². The Morgan fingerprint density at radius 3 is 2.50 bits per heavy atom. The summed E-state index contributed by atoms with van der Waals surface area (Å²) < 4.78 is 55.4. The second-order valence-electron chi connectivity index (χ2n) is 5.80. The lowest BCUT2D eigenvalue weighted by atomic mass is 10.0. The van der Waals surface area contributed by atoms with Crippen LogP contribution in [0.4, 0.5) is 23.2 Å². The molecule has 1 saturated heterocycles. The number of amides is 1. The molecule has 2 aromatic carbocycles. The summed E-state index contributed by atoms with van der Waals surface area (Å²) in [6.45, 7) is 0.00806. The molecular weight excluding hydrogens is 395 g/mol. The van der Waals surface area contributed by atoms with E-state index >= 15 is 0 Å². The molecule has 0 saturated carbocycles. The minimum Gasteiger partial charge on any atom is -0.303 e. The van der Waals surface area contributed by atoms with Gasteiger partial charge in [0.1, 0.15) is 6.17 Å². The number of carbonyl (C=O) groups is 1. The Kier molecular flexibility index (Phi) is 5.41. The summed E-state index contributed by atoms with van der Waals surface area (Å²) in [5.74, 6) is -4.03. The SMILES string of the molecule is O=C([C@@H]1C[C@@H](F)CN1)N(Cl)c1cccc(-c2cc(F)c(F)cc2Cl)c1F. The Bertz CT molecular complexity index is 865. The summed E-state index contributed by atoms with van der Waals surface area (Å²) in [4.78, 5) is 12.3. The lowest BCUT2D eigenvalue weighted by Gasteiger charge is -2.20. The molecule has 0 radical (unpaired) electrons. The standard InChI is InChI=1S/C17H12Cl2F4N2O/c18-11-6-13(22)12(21)5-10(11)9-2-1-3-15(16(9)23)25(19)17(26)14-4-8(20)7-24-14/h1-3,5-6,8,14,24H,4,7H2/t8-,14+/m1/s1. The van der Waals surface area contributed by atoms with E-state index in [4.69, 9.17) is 23.4 Å². The predicted octanol–water partition coefficient (Wildman–Crippen LogP) is 4.61. The molecule has 1 N–H and O–H groups in total. The van der Waals surface area contributed by atoms with Crippen LogP contribution >= 0.6 is 23.4 Å². The van der Waals surface area contributed by atoms with Crippen molar-refractivity contribution in [1.29, 1.82) is 0 Å². The van der Waals surface area contributed by atoms with Crippen molar-refractivity contribution in [3.63, 3.8) is 0 Å². The van der Waals surface area contributed by atoms with Gasteiger partial charge in [-0.3, -0.25) is 4.79 Å². The molecule has 3 nitrogen and oxygen atoms in total. The molecule has 2 atom stereocenters. The average Bonchev–Trinajstić information content (AvgIpc) is 3.04. The fraction of sp³-hybridized carbons (Fsp3) is 0.235. The Labute approximate surface area is 156 Å². The smallest absolute Gasteiger partial charge is 0.258 e. The maximum Gasteiger partial charge on any atom is 0.258 e. The molecule has 2 aromatic rings. The molecule has 1 aliphatic heterocycles. The van der Waals surface area contributed by atoms with E-state index in [9.17, 15) is 22.4 Å². The van der Waals surface area contributed by atoms with Crippen LogP contribution in [0.1, 0.15) is 6.42 Å². The third-order valence-electron chi connectivity index (χ3n) is 4.06. The van der Waals surface area contributed by atoms with Crippen molar-refractivity contribution < 1.29 is 22.4 Å². The van der Waals surface area contributed by atoms with Crippen LogP contribution in [0.25, 0.3) is 11.1 Å². The van der Waals surface area contributed by atoms with Crippen LogP contribution in [-0.2, 0) is 4.79 Å². The first-order valence-electron chi connectivity index (χ1n) is 7.60. The van der Waals surface area contributed by atoms with Crippen LogP contribution in [-0.4, -0.2) is 24.7 Å². The monoisotopic (exact) mass is 406 g/mol. The largest absolute Gasteiger partial charge is 0.303 e. The highest BCUT2D eigenvalue weighted by Gasteiger charge is 2.33. The zero-order chi connectivity index (χ0) is 19.0. The first-order chi connectivity index (χ1) is 12.3. The first-order valence-corrected chi connectivity index (χ1v) is 8.31. The summed E-state index contributed by atoms with van der Waals surface area (Å²) in [7, 11) is 0. The van der Waals surface area contributed by atoms with Gasteiger partial charge in [0.25, 0.3) is 5.91 Å². The molecule has 138 valence electrons. The van der Waals surface area contributed by atoms with Crippen molar-refractivity contribution >= 4 is 35.0 Å². The lowest BCUT2D eigenvalue weighted by molar-refractivity contribution is -0.119. The van der Waals surface area contributed by atoms with E-state index < -0.39 is 35.6 Å². The second-order valence-corrected chi connectivity index (χ2v) is 6.54. The Morgan fingerprint density at radius 1 is 1.15 bits per heavy atom. The van der Waals surface area contributed by atoms with Gasteiger partial charge in [-0.25, -0.2) is 22.0 Å². The molecule has 26 heavy (non-hydrogen) atoms. The van der Waals surface area contributed by atoms with Gasteiger partial charge in [-0.1, -0.05) is 23.7 Å². The molecule has 0 aliphatic carbocycles. The molecule has 0 aromatic heterocycles. The molecule has 1 amide bonds. The van der Waals surface area contributed by atoms with Gasteiger partial charge in [-0.05, 0) is 18.2 Å². The molecule has 1 fully saturated rings. The summed E-state index contributed by atoms with van der Waals surface area (Å²) in [5, 5.41) is 2.46. The quantitative estimate of drug-likeness (QED) is 0.458. The van der Waals surface area contributed by atoms with Crippen molar-refractivity contribution in [2.45, 2.75) is 18.6 Å². The average molecular weight is 407 g/mol. The third-order valence-corrected chi connectivity index (χ3v) is 4.72. The van der Waals surface area contributed by atoms with E-state index in [1.54, 1.807) is 0 Å². The normalized spacial score (nSPS) is 19.6. The highest BCUT2D eigenvalue weighted by Crippen LogP contribution is 2.36. The van der Waals surface area contributed by atoms with Crippen LogP contribution in [0.2, 0.25) is 5.02 Å². The number of carbonyl (C=O) groups excluding carboxylic acids is 1. The maximum absolute atomic E-state index is 14.9. The minimum absolute atomic E-state index is 0.00806. The van der Waals surface area contributed by atoms with E-state index in [1.807, 2.05) is 0 Å². The zero-order valence-electron chi connectivity index (χ0n) is 13.1. The fourth-order valence-corrected chi connectivity index (χ4v) is 3.25. The van der Waals surface area contributed by atoms with Crippen LogP contribution in [0.15, 0.2) is 30.3 Å². The van der Waals surface area contributed by atoms with Crippen molar-refractivity contribution in [3.8, 4) is 11.1 Å². The zero-order valence-corrected chi connectivity index (χ0v) is 14.6. The van der Waals surface area contributed by atoms with Crippen molar-refractivity contribution in [2.75, 3.05) is 11.0 Å². The fourth-order valence-electron chi connectivity index (χ4n) is 2.74. The number of hydrogen-bond acceptors (Lipinski definition) is 2. The summed E-state index contributed by atoms with van der Waals surface area (Å²) >= 11 is 11.8. The minimum atomic E-state index is -1.20. The van der Waals surface area contributed by atoms with Crippen molar-refractivity contribution in [1.82, 2.24) is 5.32 Å². The molecule has 0 unspecified atom stereocenters. The van der Waals surface area contributed by atoms with Crippen molar-refractivity contribution in [3.05, 3.63) is 52.8 Å². The maximum atomic E-state index is 14.9. The Hall–Kier alpha value is -1.83. The summed E-state index contributed by atoms with van der Waals surface area (Å²) in [6, 6.07) is 4.52. The molecule has 1 heterocycles. The van der Waals surface area contributed by atoms with Crippen LogP contribution in [0.3, 0.4) is 0 Å². The molecule has 3 rings (SSSR count). The summed E-state index contributed by atoms with van der Waals surface area (Å²) in [6.07, 6.45) is -1.26. The Morgan fingerprint density at radius 2 is 1.85 bits per heavy atom. The van der Waals surface area contributed by atoms with E-state index in [0.29, 0.717) is 4.42 Å². The van der Waals surface area contributed by atoms with Gasteiger partial charge < -0.3 is 5.32 Å². The number of nitrogens with zero attached hydrogens (tertiary/aromatic N) is 1. The van der Waals surface area contributed by atoms with Gasteiger partial charge in [0.15, 0.2) is 17.5 Å². The number of benzene rings is 2. The number of nitrogens with one attached hydrogen (secondary N) is 1. The predicted molar refractivity (Wildman–Crippen MR) is 91.4 cm³/mol. The Balaban J connectivity index is 1.97. The molecule has 9 heteroatoms. The van der Waals surface area contributed by atoms with E-state index in [1.165, 1.54) is 18.2 Å². The molecule has 1 aliphatic rings. The number of anilines is 1. The van der Waals surface area contributed by atoms with E-state index in [2.05, 4.69) is 5.32 Å². The number of rotatable bonds is 3. The van der Waals surface area contributed by atoms with Crippen LogP contribution in [0, 0.1) is 17.5 Å². The van der Waals surface area contributed by atoms with Crippen LogP contribution < -0.4 is 9.74 Å². The highest BCUT2D eigenvalue weighted by atomic mass is 35.5. The lowest BCUT2D eigenvalue weighted by Crippen LogP contribution is -2.39. The van der Waals surface area contributed by atoms with Gasteiger partial charge >= 0.3 is 0 Å². The van der Waals surface area contributed by atoms with Gasteiger partial charge in [0.2, 0.25) is 0 Å². The topological polar surface area (TPSA) is 32.3 Å². The molecule has 0 bridgehead atoms. The van der Waals surface area contributed by atoms with E-state index in [0.717, 1.165) is 12.1 Å². The molecular formula is C17H12Cl2F4N2O. The second kappa shape index (κ2) is 7.42.